The highest BCUT2D eigenvalue weighted by atomic mass is 16.4. The number of anilines is 2. The summed E-state index contributed by atoms with van der Waals surface area (Å²) in [5.41, 5.74) is 6.18. The van der Waals surface area contributed by atoms with Crippen LogP contribution in [0.5, 0.6) is 0 Å². The van der Waals surface area contributed by atoms with E-state index < -0.39 is 5.97 Å². The minimum atomic E-state index is -0.986. The van der Waals surface area contributed by atoms with Crippen molar-refractivity contribution in [3.63, 3.8) is 0 Å². The number of carboxylic acids is 1. The zero-order chi connectivity index (χ0) is 14.0. The Morgan fingerprint density at radius 2 is 2.26 bits per heavy atom. The van der Waals surface area contributed by atoms with Crippen molar-refractivity contribution in [2.45, 2.75) is 19.4 Å². The molecule has 6 heteroatoms. The zero-order valence-corrected chi connectivity index (χ0v) is 11.3. The fourth-order valence-corrected chi connectivity index (χ4v) is 2.55. The number of nitrogen functional groups attached to an aromatic ring is 1. The second-order valence-corrected chi connectivity index (χ2v) is 5.10. The predicted octanol–water partition coefficient (Wildman–Crippen LogP) is 0.892. The van der Waals surface area contributed by atoms with Crippen LogP contribution in [-0.2, 0) is 0 Å². The number of aromatic carboxylic acids is 1. The largest absolute Gasteiger partial charge is 0.478 e. The molecule has 2 rings (SSSR count). The van der Waals surface area contributed by atoms with Crippen LogP contribution in [0, 0.1) is 0 Å². The van der Waals surface area contributed by atoms with Gasteiger partial charge < -0.3 is 20.6 Å². The first-order valence-electron chi connectivity index (χ1n) is 6.43. The molecule has 1 aliphatic rings. The third-order valence-electron chi connectivity index (χ3n) is 3.44. The maximum absolute atomic E-state index is 11.3. The van der Waals surface area contributed by atoms with Crippen LogP contribution < -0.4 is 10.6 Å². The van der Waals surface area contributed by atoms with Gasteiger partial charge in [-0.05, 0) is 33.0 Å². The zero-order valence-electron chi connectivity index (χ0n) is 11.3. The van der Waals surface area contributed by atoms with Gasteiger partial charge in [0.1, 0.15) is 11.4 Å². The van der Waals surface area contributed by atoms with Crippen LogP contribution in [0.25, 0.3) is 0 Å². The lowest BCUT2D eigenvalue weighted by Gasteiger charge is -2.30. The van der Waals surface area contributed by atoms with Gasteiger partial charge in [0, 0.05) is 19.1 Å². The van der Waals surface area contributed by atoms with Crippen molar-refractivity contribution in [1.29, 1.82) is 0 Å². The van der Waals surface area contributed by atoms with Gasteiger partial charge in [-0.3, -0.25) is 0 Å². The van der Waals surface area contributed by atoms with E-state index in [2.05, 4.69) is 28.8 Å². The molecule has 1 unspecified atom stereocenters. The van der Waals surface area contributed by atoms with Crippen LogP contribution in [-0.4, -0.2) is 53.7 Å². The summed E-state index contributed by atoms with van der Waals surface area (Å²) in [4.78, 5) is 19.9. The lowest BCUT2D eigenvalue weighted by molar-refractivity contribution is 0.0697. The normalized spacial score (nSPS) is 21.2. The van der Waals surface area contributed by atoms with E-state index >= 15 is 0 Å². The molecule has 3 N–H and O–H groups in total. The number of nitrogens with two attached hydrogens (primary N) is 1. The van der Waals surface area contributed by atoms with Crippen molar-refractivity contribution in [2.75, 3.05) is 37.3 Å². The Bertz CT molecular complexity index is 478. The molecule has 1 aromatic rings. The summed E-state index contributed by atoms with van der Waals surface area (Å²) >= 11 is 0. The molecule has 1 saturated heterocycles. The van der Waals surface area contributed by atoms with Gasteiger partial charge in [0.2, 0.25) is 0 Å². The van der Waals surface area contributed by atoms with E-state index in [4.69, 9.17) is 5.73 Å². The summed E-state index contributed by atoms with van der Waals surface area (Å²) in [5, 5.41) is 9.30. The molecule has 19 heavy (non-hydrogen) atoms. The fraction of sp³-hybridized carbons (Fsp3) is 0.538. The second kappa shape index (κ2) is 5.44. The van der Waals surface area contributed by atoms with E-state index in [1.54, 1.807) is 0 Å². The first-order chi connectivity index (χ1) is 8.99. The summed E-state index contributed by atoms with van der Waals surface area (Å²) in [7, 11) is 2.08. The fourth-order valence-electron chi connectivity index (χ4n) is 2.55. The van der Waals surface area contributed by atoms with Crippen molar-refractivity contribution in [3.05, 3.63) is 17.8 Å². The molecule has 0 amide bonds. The van der Waals surface area contributed by atoms with Gasteiger partial charge in [0.05, 0.1) is 11.9 Å². The van der Waals surface area contributed by atoms with Gasteiger partial charge in [-0.25, -0.2) is 9.78 Å². The van der Waals surface area contributed by atoms with Gasteiger partial charge in [-0.1, -0.05) is 0 Å². The lowest BCUT2D eigenvalue weighted by Crippen LogP contribution is -2.39. The highest BCUT2D eigenvalue weighted by Crippen LogP contribution is 2.24. The van der Waals surface area contributed by atoms with E-state index in [0.29, 0.717) is 11.5 Å². The topological polar surface area (TPSA) is 82.7 Å². The average molecular weight is 264 g/mol. The number of aromatic nitrogens is 1. The van der Waals surface area contributed by atoms with Crippen LogP contribution in [0.3, 0.4) is 0 Å². The number of hydrogen-bond acceptors (Lipinski definition) is 5. The average Bonchev–Trinajstić information content (AvgIpc) is 2.50. The predicted molar refractivity (Wildman–Crippen MR) is 74.5 cm³/mol. The highest BCUT2D eigenvalue weighted by molar-refractivity contribution is 5.94. The van der Waals surface area contributed by atoms with Gasteiger partial charge in [-0.2, -0.15) is 0 Å². The van der Waals surface area contributed by atoms with Crippen molar-refractivity contribution >= 4 is 17.5 Å². The molecule has 0 saturated carbocycles. The van der Waals surface area contributed by atoms with Crippen LogP contribution in [0.15, 0.2) is 12.3 Å². The maximum atomic E-state index is 11.3. The van der Waals surface area contributed by atoms with E-state index in [9.17, 15) is 9.90 Å². The Labute approximate surface area is 112 Å². The Balaban J connectivity index is 2.37. The van der Waals surface area contributed by atoms with E-state index in [1.807, 2.05) is 0 Å². The lowest BCUT2D eigenvalue weighted by atomic mass is 10.2. The number of carboxylic acid groups (broad SMARTS) is 1. The molecule has 1 atom stereocenters. The Morgan fingerprint density at radius 3 is 2.95 bits per heavy atom. The number of nitrogens with zero attached hydrogens (tertiary/aromatic N) is 3. The standard InChI is InChI=1S/C13H20N4O2/c1-9-8-16(2)4-3-5-17(9)12-11(13(18)19)6-10(14)7-15-12/h6-7,9H,3-5,8,14H2,1-2H3,(H,18,19). The third kappa shape index (κ3) is 2.96. The van der Waals surface area contributed by atoms with Gasteiger partial charge in [-0.15, -0.1) is 0 Å². The van der Waals surface area contributed by atoms with Gasteiger partial charge >= 0.3 is 5.97 Å². The third-order valence-corrected chi connectivity index (χ3v) is 3.44. The summed E-state index contributed by atoms with van der Waals surface area (Å²) in [5.74, 6) is -0.468. The number of likely N-dealkylation sites (N-methyl/N-ethyl adjacent to an activating group) is 1. The van der Waals surface area contributed by atoms with Crippen molar-refractivity contribution in [3.8, 4) is 0 Å². The molecule has 0 bridgehead atoms. The molecule has 0 radical (unpaired) electrons. The Kier molecular flexibility index (Phi) is 3.90. The number of pyridine rings is 1. The number of rotatable bonds is 2. The molecular formula is C13H20N4O2. The molecule has 2 heterocycles. The van der Waals surface area contributed by atoms with Crippen LogP contribution >= 0.6 is 0 Å². The monoisotopic (exact) mass is 264 g/mol. The minimum absolute atomic E-state index is 0.177. The van der Waals surface area contributed by atoms with E-state index in [1.165, 1.54) is 12.3 Å². The van der Waals surface area contributed by atoms with Crippen LogP contribution in [0.1, 0.15) is 23.7 Å². The summed E-state index contributed by atoms with van der Waals surface area (Å²) in [6, 6.07) is 1.70. The van der Waals surface area contributed by atoms with E-state index in [-0.39, 0.29) is 11.6 Å². The molecular weight excluding hydrogens is 244 g/mol. The number of carbonyl (C=O) groups is 1. The summed E-state index contributed by atoms with van der Waals surface area (Å²) < 4.78 is 0. The quantitative estimate of drug-likeness (QED) is 0.825. The molecule has 6 nitrogen and oxygen atoms in total. The van der Waals surface area contributed by atoms with Crippen molar-refractivity contribution in [2.24, 2.45) is 0 Å². The highest BCUT2D eigenvalue weighted by Gasteiger charge is 2.25. The Morgan fingerprint density at radius 1 is 1.53 bits per heavy atom. The van der Waals surface area contributed by atoms with Crippen LogP contribution in [0.2, 0.25) is 0 Å². The molecule has 1 aromatic heterocycles. The van der Waals surface area contributed by atoms with Crippen LogP contribution in [0.4, 0.5) is 11.5 Å². The van der Waals surface area contributed by atoms with Crippen molar-refractivity contribution < 1.29 is 9.90 Å². The van der Waals surface area contributed by atoms with Gasteiger partial charge in [0.15, 0.2) is 0 Å². The second-order valence-electron chi connectivity index (χ2n) is 5.10. The first kappa shape index (κ1) is 13.6. The molecule has 0 aliphatic carbocycles. The summed E-state index contributed by atoms with van der Waals surface area (Å²) in [6.07, 6.45) is 2.51. The molecule has 0 spiro atoms. The van der Waals surface area contributed by atoms with Gasteiger partial charge in [0.25, 0.3) is 0 Å². The maximum Gasteiger partial charge on any atom is 0.339 e. The Hall–Kier alpha value is -1.82. The smallest absolute Gasteiger partial charge is 0.339 e. The first-order valence-corrected chi connectivity index (χ1v) is 6.43. The minimum Gasteiger partial charge on any atom is -0.478 e. The molecule has 104 valence electrons. The molecule has 1 fully saturated rings. The van der Waals surface area contributed by atoms with E-state index in [0.717, 1.165) is 26.1 Å². The molecule has 1 aliphatic heterocycles. The van der Waals surface area contributed by atoms with Crippen molar-refractivity contribution in [1.82, 2.24) is 9.88 Å². The number of hydrogen-bond donors (Lipinski definition) is 2. The molecule has 0 aromatic carbocycles. The summed E-state index contributed by atoms with van der Waals surface area (Å²) in [6.45, 7) is 4.80. The SMILES string of the molecule is CC1CN(C)CCCN1c1ncc(N)cc1C(=O)O.